The molecular formula is C38H62N2O6Si2. The molecule has 4 saturated carbocycles. The molecule has 10 atom stereocenters. The van der Waals surface area contributed by atoms with E-state index in [-0.39, 0.29) is 0 Å². The van der Waals surface area contributed by atoms with Crippen molar-refractivity contribution in [1.29, 1.82) is 0 Å². The number of hydrogen-bond acceptors (Lipinski definition) is 8. The number of hydrogen-bond donors (Lipinski definition) is 2. The lowest BCUT2D eigenvalue weighted by atomic mass is 9.60. The van der Waals surface area contributed by atoms with E-state index in [0.29, 0.717) is 49.4 Å². The second-order valence-electron chi connectivity index (χ2n) is 17.8. The largest absolute Gasteiger partial charge is 0.405 e. The van der Waals surface area contributed by atoms with Crippen LogP contribution in [0.1, 0.15) is 78.1 Å². The van der Waals surface area contributed by atoms with E-state index in [1.165, 1.54) is 0 Å². The first kappa shape index (κ1) is 37.4. The Labute approximate surface area is 291 Å². The molecule has 2 N–H and O–H groups in total. The Morgan fingerprint density at radius 1 is 0.667 bits per heavy atom. The molecule has 2 aliphatic heterocycles. The smallest absolute Gasteiger partial charge is 0.274 e. The number of rotatable bonds is 12. The van der Waals surface area contributed by atoms with Crippen molar-refractivity contribution in [1.82, 2.24) is 0 Å². The minimum absolute atomic E-state index is 0.293. The fourth-order valence-corrected chi connectivity index (χ4v) is 13.8. The minimum Gasteiger partial charge on any atom is -0.405 e. The highest BCUT2D eigenvalue weighted by Crippen LogP contribution is 2.69. The summed E-state index contributed by atoms with van der Waals surface area (Å²) in [7, 11) is -3.84. The molecule has 0 unspecified atom stereocenters. The Balaban J connectivity index is 0.000000188. The third-order valence-electron chi connectivity index (χ3n) is 11.9. The van der Waals surface area contributed by atoms with E-state index in [0.717, 1.165) is 49.9 Å². The second-order valence-corrected chi connectivity index (χ2v) is 26.6. The van der Waals surface area contributed by atoms with Gasteiger partial charge in [0.25, 0.3) is 11.6 Å². The quantitative estimate of drug-likeness (QED) is 0.157. The number of nitrogens with zero attached hydrogens (tertiary/aromatic N) is 2. The summed E-state index contributed by atoms with van der Waals surface area (Å²) >= 11 is 0. The summed E-state index contributed by atoms with van der Waals surface area (Å²) in [6.45, 7) is 33.2. The molecule has 0 aromatic heterocycles. The van der Waals surface area contributed by atoms with Crippen LogP contribution < -0.4 is 0 Å². The Morgan fingerprint density at radius 2 is 1.00 bits per heavy atom. The third kappa shape index (κ3) is 5.34. The second kappa shape index (κ2) is 12.4. The molecule has 10 heteroatoms. The zero-order valence-corrected chi connectivity index (χ0v) is 32.9. The van der Waals surface area contributed by atoms with Crippen molar-refractivity contribution in [3.05, 3.63) is 50.6 Å². The summed E-state index contributed by atoms with van der Waals surface area (Å²) in [5, 5.41) is 32.5. The van der Waals surface area contributed by atoms with Crippen LogP contribution in [-0.2, 0) is 18.5 Å². The van der Waals surface area contributed by atoms with Crippen molar-refractivity contribution < 1.29 is 28.7 Å². The van der Waals surface area contributed by atoms with Crippen LogP contribution in [0.2, 0.25) is 39.3 Å². The zero-order chi connectivity index (χ0) is 35.6. The molecule has 0 aromatic rings. The molecule has 4 fully saturated rings. The molecule has 4 aliphatic carbocycles. The van der Waals surface area contributed by atoms with Gasteiger partial charge in [-0.3, -0.25) is 0 Å². The van der Waals surface area contributed by atoms with Crippen LogP contribution >= 0.6 is 0 Å². The normalized spacial score (nSPS) is 43.8. The lowest BCUT2D eigenvalue weighted by molar-refractivity contribution is -0.299. The SMILES string of the molecule is C=CC[C@@]1(O[Si](C)(C)C)C[C@@H]2C[C@@H](C)CC3=NO[C@@]1(O)[C@@]32CC=C.C=CC[C@@]1(O[Si](C)(C)C)C[C@@H]2C[C@@H](C)CC3=NO[C@@]1(O)[C@@]32CC=C. The summed E-state index contributed by atoms with van der Waals surface area (Å²) in [5.74, 6) is -1.18. The van der Waals surface area contributed by atoms with Gasteiger partial charge in [0.2, 0.25) is 0 Å². The molecule has 6 rings (SSSR count). The molecule has 0 bridgehead atoms. The predicted octanol–water partition coefficient (Wildman–Crippen LogP) is 8.48. The Hall–Kier alpha value is -1.83. The third-order valence-corrected chi connectivity index (χ3v) is 13.9. The molecular weight excluding hydrogens is 637 g/mol. The van der Waals surface area contributed by atoms with Gasteiger partial charge in [0.05, 0.1) is 22.3 Å². The maximum absolute atomic E-state index is 11.9. The van der Waals surface area contributed by atoms with Gasteiger partial charge in [-0.25, -0.2) is 0 Å². The minimum atomic E-state index is -1.92. The van der Waals surface area contributed by atoms with Crippen LogP contribution in [0.15, 0.2) is 60.9 Å². The highest BCUT2D eigenvalue weighted by molar-refractivity contribution is 6.70. The molecule has 48 heavy (non-hydrogen) atoms. The van der Waals surface area contributed by atoms with Crippen molar-refractivity contribution in [3.8, 4) is 0 Å². The van der Waals surface area contributed by atoms with Crippen LogP contribution in [0.4, 0.5) is 0 Å². The van der Waals surface area contributed by atoms with Gasteiger partial charge < -0.3 is 28.7 Å². The van der Waals surface area contributed by atoms with Gasteiger partial charge in [0.1, 0.15) is 11.2 Å². The van der Waals surface area contributed by atoms with Crippen molar-refractivity contribution in [2.24, 2.45) is 44.8 Å². The molecule has 0 amide bonds. The van der Waals surface area contributed by atoms with Gasteiger partial charge >= 0.3 is 0 Å². The van der Waals surface area contributed by atoms with E-state index in [1.807, 2.05) is 24.3 Å². The van der Waals surface area contributed by atoms with Gasteiger partial charge in [0, 0.05) is 0 Å². The lowest BCUT2D eigenvalue weighted by Crippen LogP contribution is -2.63. The van der Waals surface area contributed by atoms with E-state index >= 15 is 0 Å². The van der Waals surface area contributed by atoms with Crippen molar-refractivity contribution in [3.63, 3.8) is 0 Å². The van der Waals surface area contributed by atoms with Crippen molar-refractivity contribution in [2.75, 3.05) is 0 Å². The fourth-order valence-electron chi connectivity index (χ4n) is 10.9. The topological polar surface area (TPSA) is 102 Å². The van der Waals surface area contributed by atoms with Gasteiger partial charge in [-0.15, -0.1) is 26.3 Å². The van der Waals surface area contributed by atoms with Crippen LogP contribution in [0.5, 0.6) is 0 Å². The fraction of sp³-hybridized carbons (Fsp3) is 0.737. The average molecular weight is 699 g/mol. The van der Waals surface area contributed by atoms with Gasteiger partial charge in [-0.05, 0) is 127 Å². The number of oxime groups is 2. The first-order valence-corrected chi connectivity index (χ1v) is 24.9. The predicted molar refractivity (Wildman–Crippen MR) is 198 cm³/mol. The Bertz CT molecular complexity index is 1270. The summed E-state index contributed by atoms with van der Waals surface area (Å²) in [5.41, 5.74) is -0.546. The summed E-state index contributed by atoms with van der Waals surface area (Å²) in [6.07, 6.45) is 15.4. The van der Waals surface area contributed by atoms with Gasteiger partial charge in [-0.1, -0.05) is 48.5 Å². The highest BCUT2D eigenvalue weighted by atomic mass is 28.4. The van der Waals surface area contributed by atoms with Gasteiger partial charge in [-0.2, -0.15) is 0 Å². The van der Waals surface area contributed by atoms with E-state index in [2.05, 4.69) is 89.8 Å². The summed E-state index contributed by atoms with van der Waals surface area (Å²) < 4.78 is 13.3. The standard InChI is InChI=1S/2C19H31NO3Si/c2*1-7-9-17(23-24(4,5)6)13-15-11-14(3)12-16-18(15,10-8-2)19(17,21)22-20-16/h2*7-8,14-15,21H,1-2,9-13H2,3-6H3/t2*14-,15+,17-,18-,19-/m11/s1. The molecule has 0 saturated heterocycles. The summed E-state index contributed by atoms with van der Waals surface area (Å²) in [4.78, 5) is 11.7. The van der Waals surface area contributed by atoms with E-state index in [9.17, 15) is 10.2 Å². The summed E-state index contributed by atoms with van der Waals surface area (Å²) in [6, 6.07) is 0. The van der Waals surface area contributed by atoms with E-state index in [4.69, 9.17) is 18.5 Å². The first-order chi connectivity index (χ1) is 22.3. The molecule has 0 radical (unpaired) electrons. The number of allylic oxidation sites excluding steroid dienone is 2. The van der Waals surface area contributed by atoms with Crippen LogP contribution in [0, 0.1) is 34.5 Å². The highest BCUT2D eigenvalue weighted by Gasteiger charge is 2.80. The molecule has 0 spiro atoms. The molecule has 6 aliphatic rings. The maximum atomic E-state index is 11.9. The van der Waals surface area contributed by atoms with Crippen LogP contribution in [-0.4, -0.2) is 61.0 Å². The van der Waals surface area contributed by atoms with Crippen molar-refractivity contribution in [2.45, 2.75) is 140 Å². The lowest BCUT2D eigenvalue weighted by Gasteiger charge is -2.47. The Kier molecular flexibility index (Phi) is 9.70. The van der Waals surface area contributed by atoms with Gasteiger partial charge in [0.15, 0.2) is 16.6 Å². The van der Waals surface area contributed by atoms with E-state index < -0.39 is 50.2 Å². The van der Waals surface area contributed by atoms with Crippen LogP contribution in [0.3, 0.4) is 0 Å². The van der Waals surface area contributed by atoms with Crippen molar-refractivity contribution >= 4 is 28.1 Å². The molecule has 0 aromatic carbocycles. The zero-order valence-electron chi connectivity index (χ0n) is 30.9. The Morgan fingerprint density at radius 3 is 1.29 bits per heavy atom. The van der Waals surface area contributed by atoms with E-state index in [1.54, 1.807) is 0 Å². The molecule has 2 heterocycles. The maximum Gasteiger partial charge on any atom is 0.274 e. The molecule has 8 nitrogen and oxygen atoms in total. The van der Waals surface area contributed by atoms with Crippen LogP contribution in [0.25, 0.3) is 0 Å². The number of aliphatic hydroxyl groups is 2. The first-order valence-electron chi connectivity index (χ1n) is 18.1. The monoisotopic (exact) mass is 698 g/mol. The average Bonchev–Trinajstić information content (AvgIpc) is 3.54. The molecule has 268 valence electrons.